The maximum absolute atomic E-state index is 13.3. The van der Waals surface area contributed by atoms with E-state index in [1.165, 1.54) is 0 Å². The topological polar surface area (TPSA) is 99.1 Å². The van der Waals surface area contributed by atoms with E-state index in [-0.39, 0.29) is 5.70 Å². The monoisotopic (exact) mass is 524 g/mol. The van der Waals surface area contributed by atoms with Gasteiger partial charge in [-0.3, -0.25) is 9.78 Å². The van der Waals surface area contributed by atoms with Crippen molar-refractivity contribution in [2.45, 2.75) is 13.2 Å². The molecule has 0 spiro atoms. The molecule has 1 amide bonds. The first-order valence-electron chi connectivity index (χ1n) is 12.3. The van der Waals surface area contributed by atoms with Crippen molar-refractivity contribution in [3.05, 3.63) is 95.4 Å². The zero-order valence-electron chi connectivity index (χ0n) is 22.0. The summed E-state index contributed by atoms with van der Waals surface area (Å²) < 4.78 is 22.4. The number of nitrogens with zero attached hydrogens (tertiary/aromatic N) is 1. The van der Waals surface area contributed by atoms with Crippen LogP contribution in [0.4, 0.5) is 0 Å². The van der Waals surface area contributed by atoms with Gasteiger partial charge in [0.1, 0.15) is 23.0 Å². The quantitative estimate of drug-likeness (QED) is 0.342. The zero-order valence-corrected chi connectivity index (χ0v) is 22.0. The lowest BCUT2D eigenvalue weighted by atomic mass is 9.95. The Morgan fingerprint density at radius 3 is 2.41 bits per heavy atom. The molecule has 1 aromatic heterocycles. The van der Waals surface area contributed by atoms with E-state index in [4.69, 9.17) is 18.9 Å². The number of benzene rings is 3. The maximum Gasteiger partial charge on any atom is 0.255 e. The van der Waals surface area contributed by atoms with Crippen LogP contribution in [0.15, 0.2) is 78.8 Å². The summed E-state index contributed by atoms with van der Waals surface area (Å²) in [7, 11) is 4.77. The van der Waals surface area contributed by atoms with E-state index in [1.807, 2.05) is 49.4 Å². The van der Waals surface area contributed by atoms with Crippen molar-refractivity contribution in [2.75, 3.05) is 21.3 Å². The van der Waals surface area contributed by atoms with E-state index in [0.717, 1.165) is 27.8 Å². The first-order chi connectivity index (χ1) is 18.9. The molecular weight excluding hydrogens is 496 g/mol. The third-order valence-corrected chi connectivity index (χ3v) is 6.61. The Balaban J connectivity index is 1.48. The van der Waals surface area contributed by atoms with Gasteiger partial charge < -0.3 is 29.4 Å². The van der Waals surface area contributed by atoms with Gasteiger partial charge in [0.2, 0.25) is 6.29 Å². The third kappa shape index (κ3) is 5.02. The van der Waals surface area contributed by atoms with Gasteiger partial charge in [-0.1, -0.05) is 12.1 Å². The average Bonchev–Trinajstić information content (AvgIpc) is 2.97. The average molecular weight is 525 g/mol. The number of amides is 1. The Bertz CT molecular complexity index is 1570. The predicted octanol–water partition coefficient (Wildman–Crippen LogP) is 5.23. The molecule has 2 heterocycles. The number of pyridine rings is 1. The van der Waals surface area contributed by atoms with Crippen molar-refractivity contribution in [1.29, 1.82) is 0 Å². The highest BCUT2D eigenvalue weighted by Gasteiger charge is 2.27. The summed E-state index contributed by atoms with van der Waals surface area (Å²) in [6, 6.07) is 18.2. The Kier molecular flexibility index (Phi) is 7.21. The van der Waals surface area contributed by atoms with E-state index in [9.17, 15) is 9.90 Å². The molecule has 198 valence electrons. The minimum absolute atomic E-state index is 0.212. The van der Waals surface area contributed by atoms with Crippen LogP contribution in [0.3, 0.4) is 0 Å². The lowest BCUT2D eigenvalue weighted by Crippen LogP contribution is -2.35. The molecule has 3 aromatic carbocycles. The van der Waals surface area contributed by atoms with Gasteiger partial charge in [-0.15, -0.1) is 0 Å². The fourth-order valence-corrected chi connectivity index (χ4v) is 4.68. The fourth-order valence-electron chi connectivity index (χ4n) is 4.68. The second kappa shape index (κ2) is 10.9. The molecule has 0 radical (unpaired) electrons. The summed E-state index contributed by atoms with van der Waals surface area (Å²) in [6.45, 7) is 1.90. The summed E-state index contributed by atoms with van der Waals surface area (Å²) in [5.74, 6) is 2.04. The molecule has 39 heavy (non-hydrogen) atoms. The normalized spacial score (nSPS) is 14.0. The number of aromatic nitrogens is 1. The first-order valence-corrected chi connectivity index (χ1v) is 12.3. The van der Waals surface area contributed by atoms with Crippen LogP contribution in [0, 0.1) is 6.92 Å². The molecule has 8 heteroatoms. The van der Waals surface area contributed by atoms with E-state index < -0.39 is 12.2 Å². The molecule has 0 aliphatic carbocycles. The van der Waals surface area contributed by atoms with Gasteiger partial charge in [-0.2, -0.15) is 0 Å². The van der Waals surface area contributed by atoms with Gasteiger partial charge in [0, 0.05) is 40.2 Å². The molecule has 1 aliphatic heterocycles. The number of rotatable bonds is 7. The predicted molar refractivity (Wildman–Crippen MR) is 148 cm³/mol. The standard InChI is InChI=1S/C31H28N2O6/c1-18-28(19-10-12-32-13-11-19)27(38-4)17-22-16-25(31(35)39-29(18)22)33-30(34)21-8-9-26(37-3)24(15-21)20-6-5-7-23(14-20)36-2/h5-17,31,35H,1-4H3,(H,33,34). The number of carbonyl (C=O) groups excluding carboxylic acids is 1. The Hall–Kier alpha value is -4.82. The van der Waals surface area contributed by atoms with E-state index in [2.05, 4.69) is 10.3 Å². The van der Waals surface area contributed by atoms with E-state index in [0.29, 0.717) is 34.1 Å². The highest BCUT2D eigenvalue weighted by Crippen LogP contribution is 2.43. The number of aliphatic hydroxyl groups excluding tert-OH is 1. The van der Waals surface area contributed by atoms with Crippen LogP contribution in [0.2, 0.25) is 0 Å². The minimum atomic E-state index is -1.37. The fraction of sp³-hybridized carbons (Fsp3) is 0.161. The molecular formula is C31H28N2O6. The number of hydrogen-bond acceptors (Lipinski definition) is 7. The van der Waals surface area contributed by atoms with Crippen LogP contribution in [0.25, 0.3) is 28.3 Å². The number of nitrogens with one attached hydrogen (secondary N) is 1. The summed E-state index contributed by atoms with van der Waals surface area (Å²) >= 11 is 0. The van der Waals surface area contributed by atoms with Crippen LogP contribution in [-0.4, -0.2) is 43.6 Å². The van der Waals surface area contributed by atoms with Crippen molar-refractivity contribution in [3.63, 3.8) is 0 Å². The van der Waals surface area contributed by atoms with Gasteiger partial charge in [0.05, 0.1) is 27.0 Å². The van der Waals surface area contributed by atoms with Crippen LogP contribution >= 0.6 is 0 Å². The number of fused-ring (bicyclic) bond motifs is 1. The first kappa shape index (κ1) is 25.8. The van der Waals surface area contributed by atoms with Crippen LogP contribution in [0.5, 0.6) is 23.0 Å². The summed E-state index contributed by atoms with van der Waals surface area (Å²) in [6.07, 6.45) is 3.74. The molecule has 0 saturated carbocycles. The number of carbonyl (C=O) groups is 1. The Morgan fingerprint density at radius 1 is 0.923 bits per heavy atom. The Morgan fingerprint density at radius 2 is 1.69 bits per heavy atom. The van der Waals surface area contributed by atoms with Gasteiger partial charge in [-0.25, -0.2) is 0 Å². The number of hydrogen-bond donors (Lipinski definition) is 2. The SMILES string of the molecule is COc1cccc(-c2cc(C(=O)NC3=Cc4cc(OC)c(-c5ccncc5)c(C)c4OC3O)ccc2OC)c1. The molecule has 4 aromatic rings. The zero-order chi connectivity index (χ0) is 27.5. The van der Waals surface area contributed by atoms with Gasteiger partial charge in [-0.05, 0) is 72.7 Å². The second-order valence-corrected chi connectivity index (χ2v) is 8.90. The Labute approximate surface area is 226 Å². The van der Waals surface area contributed by atoms with Gasteiger partial charge in [0.25, 0.3) is 5.91 Å². The largest absolute Gasteiger partial charge is 0.497 e. The van der Waals surface area contributed by atoms with Crippen molar-refractivity contribution in [1.82, 2.24) is 10.3 Å². The molecule has 8 nitrogen and oxygen atoms in total. The lowest BCUT2D eigenvalue weighted by Gasteiger charge is -2.27. The van der Waals surface area contributed by atoms with Gasteiger partial charge >= 0.3 is 0 Å². The molecule has 1 unspecified atom stereocenters. The smallest absolute Gasteiger partial charge is 0.255 e. The summed E-state index contributed by atoms with van der Waals surface area (Å²) in [5, 5.41) is 13.6. The van der Waals surface area contributed by atoms with Crippen molar-refractivity contribution >= 4 is 12.0 Å². The summed E-state index contributed by atoms with van der Waals surface area (Å²) in [4.78, 5) is 17.4. The number of aliphatic hydroxyl groups is 1. The highest BCUT2D eigenvalue weighted by atomic mass is 16.6. The van der Waals surface area contributed by atoms with Crippen molar-refractivity contribution in [3.8, 4) is 45.3 Å². The van der Waals surface area contributed by atoms with Crippen LogP contribution in [0.1, 0.15) is 21.5 Å². The molecule has 0 bridgehead atoms. The maximum atomic E-state index is 13.3. The van der Waals surface area contributed by atoms with Crippen molar-refractivity contribution < 1.29 is 28.8 Å². The van der Waals surface area contributed by atoms with Gasteiger partial charge in [0.15, 0.2) is 0 Å². The lowest BCUT2D eigenvalue weighted by molar-refractivity contribution is 0.00706. The van der Waals surface area contributed by atoms with Crippen LogP contribution in [-0.2, 0) is 0 Å². The van der Waals surface area contributed by atoms with E-state index >= 15 is 0 Å². The van der Waals surface area contributed by atoms with E-state index in [1.54, 1.807) is 58.0 Å². The molecule has 2 N–H and O–H groups in total. The molecule has 1 atom stereocenters. The third-order valence-electron chi connectivity index (χ3n) is 6.61. The minimum Gasteiger partial charge on any atom is -0.497 e. The number of methoxy groups -OCH3 is 3. The van der Waals surface area contributed by atoms with Crippen molar-refractivity contribution in [2.24, 2.45) is 0 Å². The summed E-state index contributed by atoms with van der Waals surface area (Å²) in [5.41, 5.74) is 5.39. The van der Waals surface area contributed by atoms with Crippen LogP contribution < -0.4 is 24.3 Å². The second-order valence-electron chi connectivity index (χ2n) is 8.90. The molecule has 0 fully saturated rings. The molecule has 5 rings (SSSR count). The highest BCUT2D eigenvalue weighted by molar-refractivity contribution is 5.98. The molecule has 1 aliphatic rings. The number of ether oxygens (including phenoxy) is 4. The molecule has 0 saturated heterocycles.